The van der Waals surface area contributed by atoms with Gasteiger partial charge in [-0.05, 0) is 124 Å². The summed E-state index contributed by atoms with van der Waals surface area (Å²) in [7, 11) is -6.84. The van der Waals surface area contributed by atoms with Gasteiger partial charge in [0.2, 0.25) is 11.8 Å². The summed E-state index contributed by atoms with van der Waals surface area (Å²) < 4.78 is 41.5. The molecule has 0 saturated heterocycles. The van der Waals surface area contributed by atoms with Crippen LogP contribution in [-0.2, 0) is 18.2 Å². The molecule has 4 atom stereocenters. The second-order valence-corrected chi connectivity index (χ2v) is 20.4. The number of nitrogens with zero attached hydrogens (tertiary/aromatic N) is 2. The van der Waals surface area contributed by atoms with Gasteiger partial charge in [-0.15, -0.1) is 23.2 Å². The van der Waals surface area contributed by atoms with Gasteiger partial charge in [0.1, 0.15) is 0 Å². The van der Waals surface area contributed by atoms with Crippen LogP contribution in [-0.4, -0.2) is 34.6 Å². The topological polar surface area (TPSA) is 101 Å². The molecule has 0 radical (unpaired) electrons. The third-order valence-electron chi connectivity index (χ3n) is 12.3. The molecule has 0 spiro atoms. The second-order valence-electron chi connectivity index (χ2n) is 15.7. The van der Waals surface area contributed by atoms with Gasteiger partial charge in [-0.3, -0.25) is 9.13 Å². The summed E-state index contributed by atoms with van der Waals surface area (Å²) in [5.41, 5.74) is 1.28. The van der Waals surface area contributed by atoms with Crippen LogP contribution in [0.25, 0.3) is 0 Å². The van der Waals surface area contributed by atoms with Gasteiger partial charge in [0.05, 0.1) is 11.8 Å². The van der Waals surface area contributed by atoms with Gasteiger partial charge < -0.3 is 9.05 Å². The van der Waals surface area contributed by atoms with Crippen molar-refractivity contribution in [2.24, 2.45) is 45.5 Å². The van der Waals surface area contributed by atoms with Crippen molar-refractivity contribution in [1.82, 2.24) is 10.2 Å². The lowest BCUT2D eigenvalue weighted by molar-refractivity contribution is -0.00990. The molecule has 11 rings (SSSR count). The molecule has 238 valence electrons. The first-order valence-corrected chi connectivity index (χ1v) is 21.1. The molecule has 8 nitrogen and oxygen atoms in total. The highest BCUT2D eigenvalue weighted by molar-refractivity contribution is 7.58. The summed E-state index contributed by atoms with van der Waals surface area (Å²) >= 11 is 12.4. The SMILES string of the molecule is O=P1(NC23CC4CC(CC(C4)C2)C3)OC(CCl)=NC1c1ccc(C2N=C(CCl)OP2(=O)NC23CC4CC(CC(C4)C2)C3)cc1. The minimum Gasteiger partial charge on any atom is -0.416 e. The van der Waals surface area contributed by atoms with Crippen molar-refractivity contribution in [2.75, 3.05) is 11.8 Å². The molecule has 44 heavy (non-hydrogen) atoms. The Labute approximate surface area is 269 Å². The maximum absolute atomic E-state index is 14.7. The number of hydrogen-bond donors (Lipinski definition) is 2. The Morgan fingerprint density at radius 3 is 1.18 bits per heavy atom. The molecule has 10 aliphatic rings. The van der Waals surface area contributed by atoms with Crippen molar-refractivity contribution in [3.05, 3.63) is 35.4 Å². The van der Waals surface area contributed by atoms with E-state index < -0.39 is 26.6 Å². The number of aliphatic imine (C=N–C) groups is 2. The fraction of sp³-hybridized carbons (Fsp3) is 0.750. The van der Waals surface area contributed by atoms with E-state index in [0.29, 0.717) is 47.3 Å². The second kappa shape index (κ2) is 10.3. The molecule has 0 aromatic heterocycles. The fourth-order valence-electron chi connectivity index (χ4n) is 11.7. The van der Waals surface area contributed by atoms with Crippen LogP contribution in [0.2, 0.25) is 0 Å². The number of halogens is 2. The molecule has 8 aliphatic carbocycles. The standard InChI is InChI=1S/C32H42Cl2N4O4P2/c33-17-27-35-29(43(39,41-27)37-31-11-19-5-20(12-31)7-21(6-19)13-31)25-1-2-26(4-3-25)30-36-28(18-34)42-44(30,40)38-32-14-22-8-23(15-32)10-24(9-22)16-32/h1-4,19-24,29-30H,5-18H2,(H,37,39)(H,38,40). The number of hydrogen-bond acceptors (Lipinski definition) is 6. The van der Waals surface area contributed by atoms with Gasteiger partial charge in [-0.25, -0.2) is 20.2 Å². The molecular weight excluding hydrogens is 637 g/mol. The van der Waals surface area contributed by atoms with Crippen molar-refractivity contribution in [2.45, 2.75) is 99.7 Å². The number of alkyl halides is 2. The van der Waals surface area contributed by atoms with Crippen LogP contribution >= 0.6 is 38.2 Å². The lowest BCUT2D eigenvalue weighted by Crippen LogP contribution is -2.57. The third kappa shape index (κ3) is 4.83. The normalized spacial score (nSPS) is 49.6. The van der Waals surface area contributed by atoms with E-state index in [-0.39, 0.29) is 22.8 Å². The number of nitrogens with one attached hydrogen (secondary N) is 2. The maximum atomic E-state index is 14.7. The summed E-state index contributed by atoms with van der Waals surface area (Å²) in [6, 6.07) is 7.73. The van der Waals surface area contributed by atoms with E-state index in [2.05, 4.69) is 10.2 Å². The summed E-state index contributed by atoms with van der Waals surface area (Å²) in [6.45, 7) is 0. The summed E-state index contributed by atoms with van der Waals surface area (Å²) in [4.78, 5) is 9.46. The average Bonchev–Trinajstić information content (AvgIpc) is 3.46. The van der Waals surface area contributed by atoms with E-state index in [4.69, 9.17) is 42.2 Å². The molecule has 8 fully saturated rings. The van der Waals surface area contributed by atoms with Crippen molar-refractivity contribution in [3.63, 3.8) is 0 Å². The van der Waals surface area contributed by atoms with Crippen LogP contribution < -0.4 is 10.2 Å². The lowest BCUT2D eigenvalue weighted by atomic mass is 9.53. The van der Waals surface area contributed by atoms with Crippen LogP contribution in [0.1, 0.15) is 99.7 Å². The molecule has 12 heteroatoms. The first kappa shape index (κ1) is 29.3. The lowest BCUT2D eigenvalue weighted by Gasteiger charge is -2.57. The smallest absolute Gasteiger partial charge is 0.346 e. The van der Waals surface area contributed by atoms with Crippen LogP contribution in [0.15, 0.2) is 34.3 Å². The Balaban J connectivity index is 0.987. The average molecular weight is 680 g/mol. The van der Waals surface area contributed by atoms with E-state index in [1.54, 1.807) is 0 Å². The zero-order valence-corrected chi connectivity index (χ0v) is 28.3. The van der Waals surface area contributed by atoms with Gasteiger partial charge in [-0.1, -0.05) is 24.3 Å². The minimum absolute atomic E-state index is 0.0790. The van der Waals surface area contributed by atoms with Gasteiger partial charge in [-0.2, -0.15) is 0 Å². The molecule has 0 amide bonds. The number of rotatable bonds is 8. The molecule has 2 heterocycles. The Morgan fingerprint density at radius 1 is 0.614 bits per heavy atom. The Morgan fingerprint density at radius 2 is 0.909 bits per heavy atom. The molecule has 8 bridgehead atoms. The summed E-state index contributed by atoms with van der Waals surface area (Å²) in [6.07, 6.45) is 14.2. The van der Waals surface area contributed by atoms with Gasteiger partial charge >= 0.3 is 15.0 Å². The van der Waals surface area contributed by atoms with Crippen LogP contribution in [0, 0.1) is 35.5 Å². The highest BCUT2D eigenvalue weighted by atomic mass is 35.5. The van der Waals surface area contributed by atoms with Gasteiger partial charge in [0.15, 0.2) is 11.6 Å². The predicted molar refractivity (Wildman–Crippen MR) is 174 cm³/mol. The van der Waals surface area contributed by atoms with E-state index in [0.717, 1.165) is 49.7 Å². The fourth-order valence-corrected chi connectivity index (χ4v) is 17.1. The van der Waals surface area contributed by atoms with Crippen molar-refractivity contribution in [3.8, 4) is 0 Å². The first-order valence-electron chi connectivity index (χ1n) is 16.7. The Hall–Kier alpha value is -0.880. The Bertz CT molecular complexity index is 1330. The van der Waals surface area contributed by atoms with E-state index in [1.807, 2.05) is 24.3 Å². The molecule has 1 aromatic rings. The van der Waals surface area contributed by atoms with Crippen molar-refractivity contribution >= 4 is 50.0 Å². The zero-order chi connectivity index (χ0) is 29.9. The monoisotopic (exact) mass is 678 g/mol. The quantitative estimate of drug-likeness (QED) is 0.211. The van der Waals surface area contributed by atoms with Gasteiger partial charge in [0.25, 0.3) is 0 Å². The van der Waals surface area contributed by atoms with Crippen molar-refractivity contribution < 1.29 is 18.2 Å². The van der Waals surface area contributed by atoms with E-state index >= 15 is 0 Å². The molecule has 1 aromatic carbocycles. The largest absolute Gasteiger partial charge is 0.416 e. The summed E-state index contributed by atoms with van der Waals surface area (Å²) in [5, 5.41) is 7.26. The van der Waals surface area contributed by atoms with Crippen molar-refractivity contribution in [1.29, 1.82) is 0 Å². The molecular formula is C32H42Cl2N4O4P2. The molecule has 2 N–H and O–H groups in total. The zero-order valence-electron chi connectivity index (χ0n) is 25.0. The summed E-state index contributed by atoms with van der Waals surface area (Å²) in [5.74, 6) is 3.74. The molecule has 4 unspecified atom stereocenters. The highest BCUT2D eigenvalue weighted by Gasteiger charge is 2.58. The highest BCUT2D eigenvalue weighted by Crippen LogP contribution is 2.68. The van der Waals surface area contributed by atoms with E-state index in [9.17, 15) is 9.13 Å². The van der Waals surface area contributed by atoms with Crippen LogP contribution in [0.5, 0.6) is 0 Å². The predicted octanol–water partition coefficient (Wildman–Crippen LogP) is 8.52. The van der Waals surface area contributed by atoms with E-state index in [1.165, 1.54) is 38.5 Å². The van der Waals surface area contributed by atoms with Crippen LogP contribution in [0.4, 0.5) is 0 Å². The molecule has 2 aliphatic heterocycles. The third-order valence-corrected chi connectivity index (χ3v) is 17.4. The number of benzene rings is 1. The van der Waals surface area contributed by atoms with Crippen LogP contribution in [0.3, 0.4) is 0 Å². The maximum Gasteiger partial charge on any atom is 0.346 e. The molecule has 8 saturated carbocycles. The Kier molecular flexibility index (Phi) is 6.86. The first-order chi connectivity index (χ1) is 21.1. The minimum atomic E-state index is -3.42. The van der Waals surface area contributed by atoms with Gasteiger partial charge in [0, 0.05) is 11.1 Å².